The largest absolute Gasteiger partial charge is 0.465 e. The van der Waals surface area contributed by atoms with Crippen LogP contribution < -0.4 is 5.32 Å². The summed E-state index contributed by atoms with van der Waals surface area (Å²) in [6.45, 7) is 0. The summed E-state index contributed by atoms with van der Waals surface area (Å²) in [6, 6.07) is 11.1. The standard InChI is InChI=1S/C16H11BrN2O2/c17-11-3-5-14-13(10-11)15(7-8-18-14)19-16(20)6-4-12-2-1-9-21-12/h1-10H,(H,18,19,20)/b6-4+. The predicted octanol–water partition coefficient (Wildman–Crippen LogP) is 4.24. The average molecular weight is 343 g/mol. The summed E-state index contributed by atoms with van der Waals surface area (Å²) in [6.07, 6.45) is 6.28. The van der Waals surface area contributed by atoms with Gasteiger partial charge in [-0.2, -0.15) is 0 Å². The van der Waals surface area contributed by atoms with Crippen LogP contribution in [0.25, 0.3) is 17.0 Å². The average Bonchev–Trinajstić information content (AvgIpc) is 2.99. The second kappa shape index (κ2) is 5.93. The first-order valence-corrected chi connectivity index (χ1v) is 7.08. The lowest BCUT2D eigenvalue weighted by Crippen LogP contribution is -2.08. The number of hydrogen-bond acceptors (Lipinski definition) is 3. The van der Waals surface area contributed by atoms with Crippen molar-refractivity contribution >= 4 is 44.5 Å². The Labute approximate surface area is 129 Å². The van der Waals surface area contributed by atoms with Crippen LogP contribution in [0.15, 0.2) is 63.8 Å². The number of fused-ring (bicyclic) bond motifs is 1. The van der Waals surface area contributed by atoms with Crippen LogP contribution in [0.4, 0.5) is 5.69 Å². The molecule has 0 spiro atoms. The molecule has 2 heterocycles. The summed E-state index contributed by atoms with van der Waals surface area (Å²) in [5.74, 6) is 0.409. The number of aromatic nitrogens is 1. The third-order valence-electron chi connectivity index (χ3n) is 2.90. The van der Waals surface area contributed by atoms with Gasteiger partial charge in [-0.1, -0.05) is 15.9 Å². The Morgan fingerprint density at radius 3 is 3.00 bits per heavy atom. The Morgan fingerprint density at radius 2 is 2.19 bits per heavy atom. The molecule has 2 aromatic heterocycles. The molecule has 3 rings (SSSR count). The summed E-state index contributed by atoms with van der Waals surface area (Å²) in [7, 11) is 0. The fourth-order valence-corrected chi connectivity index (χ4v) is 2.31. The normalized spacial score (nSPS) is 11.1. The number of pyridine rings is 1. The van der Waals surface area contributed by atoms with Crippen LogP contribution in [0.1, 0.15) is 5.76 Å². The third-order valence-corrected chi connectivity index (χ3v) is 3.40. The lowest BCUT2D eigenvalue weighted by atomic mass is 10.2. The quantitative estimate of drug-likeness (QED) is 0.724. The highest BCUT2D eigenvalue weighted by molar-refractivity contribution is 9.10. The van der Waals surface area contributed by atoms with E-state index in [1.165, 1.54) is 6.08 Å². The predicted molar refractivity (Wildman–Crippen MR) is 85.8 cm³/mol. The first-order chi connectivity index (χ1) is 10.2. The molecule has 0 aliphatic heterocycles. The number of halogens is 1. The number of carbonyl (C=O) groups is 1. The van der Waals surface area contributed by atoms with E-state index in [9.17, 15) is 4.79 Å². The topological polar surface area (TPSA) is 55.1 Å². The molecule has 0 aliphatic carbocycles. The van der Waals surface area contributed by atoms with Gasteiger partial charge in [0.05, 0.1) is 17.5 Å². The molecule has 5 heteroatoms. The van der Waals surface area contributed by atoms with E-state index in [0.717, 1.165) is 21.1 Å². The first kappa shape index (κ1) is 13.6. The van der Waals surface area contributed by atoms with Gasteiger partial charge in [0, 0.05) is 22.1 Å². The monoisotopic (exact) mass is 342 g/mol. The van der Waals surface area contributed by atoms with Crippen molar-refractivity contribution in [3.05, 3.63) is 65.2 Å². The Kier molecular flexibility index (Phi) is 3.83. The Morgan fingerprint density at radius 1 is 1.29 bits per heavy atom. The lowest BCUT2D eigenvalue weighted by molar-refractivity contribution is -0.111. The molecule has 1 aromatic carbocycles. The molecule has 0 aliphatic rings. The first-order valence-electron chi connectivity index (χ1n) is 6.29. The fourth-order valence-electron chi connectivity index (χ4n) is 1.95. The maximum Gasteiger partial charge on any atom is 0.248 e. The van der Waals surface area contributed by atoms with Gasteiger partial charge in [0.25, 0.3) is 0 Å². The zero-order valence-corrected chi connectivity index (χ0v) is 12.5. The number of hydrogen-bond donors (Lipinski definition) is 1. The number of nitrogens with one attached hydrogen (secondary N) is 1. The van der Waals surface area contributed by atoms with Gasteiger partial charge in [-0.3, -0.25) is 9.78 Å². The van der Waals surface area contributed by atoms with Crippen LogP contribution in [0.3, 0.4) is 0 Å². The molecule has 0 saturated carbocycles. The van der Waals surface area contributed by atoms with Gasteiger partial charge in [-0.25, -0.2) is 0 Å². The van der Waals surface area contributed by atoms with Gasteiger partial charge < -0.3 is 9.73 Å². The van der Waals surface area contributed by atoms with Gasteiger partial charge in [-0.15, -0.1) is 0 Å². The number of furan rings is 1. The van der Waals surface area contributed by atoms with Crippen molar-refractivity contribution in [3.8, 4) is 0 Å². The van der Waals surface area contributed by atoms with Gasteiger partial charge in [-0.05, 0) is 42.5 Å². The van der Waals surface area contributed by atoms with E-state index in [2.05, 4.69) is 26.2 Å². The van der Waals surface area contributed by atoms with E-state index in [1.807, 2.05) is 18.2 Å². The van der Waals surface area contributed by atoms with Crippen LogP contribution in [-0.2, 0) is 4.79 Å². The van der Waals surface area contributed by atoms with Crippen molar-refractivity contribution in [2.45, 2.75) is 0 Å². The van der Waals surface area contributed by atoms with Gasteiger partial charge >= 0.3 is 0 Å². The number of benzene rings is 1. The van der Waals surface area contributed by atoms with E-state index in [1.54, 1.807) is 36.7 Å². The summed E-state index contributed by atoms with van der Waals surface area (Å²) >= 11 is 3.42. The smallest absolute Gasteiger partial charge is 0.248 e. The molecular formula is C16H11BrN2O2. The zero-order valence-electron chi connectivity index (χ0n) is 10.9. The minimum Gasteiger partial charge on any atom is -0.465 e. The summed E-state index contributed by atoms with van der Waals surface area (Å²) in [5.41, 5.74) is 1.54. The second-order valence-corrected chi connectivity index (χ2v) is 5.27. The Bertz CT molecular complexity index is 810. The number of anilines is 1. The van der Waals surface area contributed by atoms with E-state index >= 15 is 0 Å². The molecule has 3 aromatic rings. The van der Waals surface area contributed by atoms with E-state index in [0.29, 0.717) is 5.76 Å². The van der Waals surface area contributed by atoms with E-state index in [4.69, 9.17) is 4.42 Å². The van der Waals surface area contributed by atoms with Crippen molar-refractivity contribution in [3.63, 3.8) is 0 Å². The van der Waals surface area contributed by atoms with Gasteiger partial charge in [0.2, 0.25) is 5.91 Å². The molecule has 0 radical (unpaired) electrons. The molecule has 0 atom stereocenters. The van der Waals surface area contributed by atoms with Crippen molar-refractivity contribution in [1.29, 1.82) is 0 Å². The highest BCUT2D eigenvalue weighted by Crippen LogP contribution is 2.25. The number of rotatable bonds is 3. The molecule has 1 amide bonds. The van der Waals surface area contributed by atoms with Crippen molar-refractivity contribution in [2.75, 3.05) is 5.32 Å². The molecule has 104 valence electrons. The second-order valence-electron chi connectivity index (χ2n) is 4.36. The highest BCUT2D eigenvalue weighted by atomic mass is 79.9. The highest BCUT2D eigenvalue weighted by Gasteiger charge is 2.05. The maximum atomic E-state index is 12.0. The molecular weight excluding hydrogens is 332 g/mol. The van der Waals surface area contributed by atoms with Crippen molar-refractivity contribution in [2.24, 2.45) is 0 Å². The Balaban J connectivity index is 1.84. The molecule has 21 heavy (non-hydrogen) atoms. The SMILES string of the molecule is O=C(/C=C/c1ccco1)Nc1ccnc2ccc(Br)cc12. The van der Waals surface area contributed by atoms with Crippen LogP contribution in [-0.4, -0.2) is 10.9 Å². The fraction of sp³-hybridized carbons (Fsp3) is 0. The summed E-state index contributed by atoms with van der Waals surface area (Å²) < 4.78 is 6.07. The van der Waals surface area contributed by atoms with E-state index < -0.39 is 0 Å². The minimum atomic E-state index is -0.223. The summed E-state index contributed by atoms with van der Waals surface area (Å²) in [4.78, 5) is 16.2. The van der Waals surface area contributed by atoms with Crippen molar-refractivity contribution < 1.29 is 9.21 Å². The third kappa shape index (κ3) is 3.20. The number of nitrogens with zero attached hydrogens (tertiary/aromatic N) is 1. The number of carbonyl (C=O) groups excluding carboxylic acids is 1. The van der Waals surface area contributed by atoms with Crippen molar-refractivity contribution in [1.82, 2.24) is 4.98 Å². The Hall–Kier alpha value is -2.40. The van der Waals surface area contributed by atoms with Gasteiger partial charge in [0.1, 0.15) is 5.76 Å². The summed E-state index contributed by atoms with van der Waals surface area (Å²) in [5, 5.41) is 3.73. The molecule has 0 saturated heterocycles. The lowest BCUT2D eigenvalue weighted by Gasteiger charge is -2.06. The van der Waals surface area contributed by atoms with Crippen LogP contribution in [0.5, 0.6) is 0 Å². The van der Waals surface area contributed by atoms with Gasteiger partial charge in [0.15, 0.2) is 0 Å². The van der Waals surface area contributed by atoms with Crippen LogP contribution in [0.2, 0.25) is 0 Å². The molecule has 4 nitrogen and oxygen atoms in total. The zero-order chi connectivity index (χ0) is 14.7. The van der Waals surface area contributed by atoms with Crippen LogP contribution >= 0.6 is 15.9 Å². The molecule has 0 bridgehead atoms. The van der Waals surface area contributed by atoms with Crippen LogP contribution in [0, 0.1) is 0 Å². The molecule has 0 fully saturated rings. The maximum absolute atomic E-state index is 12.0. The number of amides is 1. The molecule has 0 unspecified atom stereocenters. The van der Waals surface area contributed by atoms with E-state index in [-0.39, 0.29) is 5.91 Å². The minimum absolute atomic E-state index is 0.223. The molecule has 1 N–H and O–H groups in total.